The number of benzene rings is 1. The fraction of sp³-hybridized carbons (Fsp3) is 0.409. The molecule has 32 heavy (non-hydrogen) atoms. The lowest BCUT2D eigenvalue weighted by Crippen LogP contribution is -2.44. The van der Waals surface area contributed by atoms with Gasteiger partial charge in [-0.15, -0.1) is 0 Å². The maximum absolute atomic E-state index is 12.8. The molecular weight excluding hydrogens is 434 g/mol. The molecule has 0 unspecified atom stereocenters. The van der Waals surface area contributed by atoms with Gasteiger partial charge in [-0.05, 0) is 30.5 Å². The Hall–Kier alpha value is -3.32. The molecule has 168 valence electrons. The average molecular weight is 458 g/mol. The molecule has 2 atom stereocenters. The molecule has 0 aliphatic carbocycles. The highest BCUT2D eigenvalue weighted by Gasteiger charge is 2.44. The first-order chi connectivity index (χ1) is 15.4. The van der Waals surface area contributed by atoms with E-state index in [0.717, 1.165) is 24.6 Å². The summed E-state index contributed by atoms with van der Waals surface area (Å²) in [5, 5.41) is 12.8. The Balaban J connectivity index is 1.95. The highest BCUT2D eigenvalue weighted by Crippen LogP contribution is 2.40. The van der Waals surface area contributed by atoms with E-state index in [4.69, 9.17) is 9.47 Å². The van der Waals surface area contributed by atoms with Crippen molar-refractivity contribution in [3.63, 3.8) is 0 Å². The Kier molecular flexibility index (Phi) is 7.53. The summed E-state index contributed by atoms with van der Waals surface area (Å²) in [6, 6.07) is 8.23. The monoisotopic (exact) mass is 457 g/mol. The van der Waals surface area contributed by atoms with Gasteiger partial charge in [0, 0.05) is 19.0 Å². The highest BCUT2D eigenvalue weighted by atomic mass is 32.2. The summed E-state index contributed by atoms with van der Waals surface area (Å²) < 4.78 is 9.50. The zero-order valence-corrected chi connectivity index (χ0v) is 18.6. The van der Waals surface area contributed by atoms with Gasteiger partial charge < -0.3 is 19.7 Å². The average Bonchev–Trinajstić information content (AvgIpc) is 3.36. The lowest BCUT2D eigenvalue weighted by atomic mass is 9.78. The molecule has 2 aliphatic rings. The molecular formula is C22H23N3O6S. The molecule has 0 spiro atoms. The molecule has 1 aromatic carbocycles. The molecule has 9 nitrogen and oxygen atoms in total. The van der Waals surface area contributed by atoms with Crippen LogP contribution in [0.2, 0.25) is 0 Å². The Morgan fingerprint density at radius 2 is 1.81 bits per heavy atom. The van der Waals surface area contributed by atoms with E-state index in [1.807, 2.05) is 0 Å². The molecule has 1 aromatic rings. The Morgan fingerprint density at radius 1 is 1.16 bits per heavy atom. The standard InChI is InChI=1S/C22H23N3O6S/c1-30-21(28)14-7-5-13(6-8-14)17-15(11-23)20(24-19(27)18(17)22(29)31-2)32-12-16(26)25-9-3-4-10-25/h5-8,17-18H,3-4,9-10,12H2,1-2H3,(H,24,27)/t17-,18-/m1/s1. The van der Waals surface area contributed by atoms with Crippen LogP contribution in [0.25, 0.3) is 0 Å². The second-order valence-corrected chi connectivity index (χ2v) is 8.30. The van der Waals surface area contributed by atoms with Crippen LogP contribution >= 0.6 is 11.8 Å². The van der Waals surface area contributed by atoms with Crippen molar-refractivity contribution in [2.75, 3.05) is 33.1 Å². The molecule has 1 N–H and O–H groups in total. The molecule has 2 aliphatic heterocycles. The van der Waals surface area contributed by atoms with E-state index in [0.29, 0.717) is 24.2 Å². The number of esters is 2. The first-order valence-corrected chi connectivity index (χ1v) is 11.0. The number of nitriles is 1. The molecule has 0 bridgehead atoms. The van der Waals surface area contributed by atoms with E-state index in [1.54, 1.807) is 17.0 Å². The van der Waals surface area contributed by atoms with Crippen LogP contribution in [0.3, 0.4) is 0 Å². The van der Waals surface area contributed by atoms with Crippen molar-refractivity contribution in [1.29, 1.82) is 5.26 Å². The Bertz CT molecular complexity index is 992. The summed E-state index contributed by atoms with van der Waals surface area (Å²) in [7, 11) is 2.43. The highest BCUT2D eigenvalue weighted by molar-refractivity contribution is 8.03. The minimum Gasteiger partial charge on any atom is -0.468 e. The predicted molar refractivity (Wildman–Crippen MR) is 115 cm³/mol. The van der Waals surface area contributed by atoms with Gasteiger partial charge in [0.1, 0.15) is 5.92 Å². The van der Waals surface area contributed by atoms with Crippen LogP contribution < -0.4 is 5.32 Å². The molecule has 2 heterocycles. The summed E-state index contributed by atoms with van der Waals surface area (Å²) in [4.78, 5) is 51.2. The lowest BCUT2D eigenvalue weighted by molar-refractivity contribution is -0.150. The van der Waals surface area contributed by atoms with Gasteiger partial charge >= 0.3 is 11.9 Å². The molecule has 0 radical (unpaired) electrons. The van der Waals surface area contributed by atoms with Crippen LogP contribution in [0.4, 0.5) is 0 Å². The summed E-state index contributed by atoms with van der Waals surface area (Å²) in [6.45, 7) is 1.41. The molecule has 2 amide bonds. The molecule has 0 aromatic heterocycles. The number of nitrogens with one attached hydrogen (secondary N) is 1. The van der Waals surface area contributed by atoms with Crippen LogP contribution in [0.1, 0.15) is 34.7 Å². The van der Waals surface area contributed by atoms with Gasteiger partial charge in [-0.3, -0.25) is 14.4 Å². The molecule has 1 saturated heterocycles. The summed E-state index contributed by atoms with van der Waals surface area (Å²) in [5.74, 6) is -4.13. The van der Waals surface area contributed by atoms with E-state index in [-0.39, 0.29) is 22.3 Å². The Morgan fingerprint density at radius 3 is 2.38 bits per heavy atom. The maximum Gasteiger partial charge on any atom is 0.337 e. The van der Waals surface area contributed by atoms with Gasteiger partial charge in [-0.1, -0.05) is 23.9 Å². The van der Waals surface area contributed by atoms with Gasteiger partial charge in [0.2, 0.25) is 11.8 Å². The summed E-state index contributed by atoms with van der Waals surface area (Å²) in [5.41, 5.74) is 0.938. The van der Waals surface area contributed by atoms with Gasteiger partial charge in [-0.2, -0.15) is 5.26 Å². The van der Waals surface area contributed by atoms with E-state index in [2.05, 4.69) is 11.4 Å². The summed E-state index contributed by atoms with van der Waals surface area (Å²) in [6.07, 6.45) is 1.92. The largest absolute Gasteiger partial charge is 0.468 e. The molecule has 1 fully saturated rings. The van der Waals surface area contributed by atoms with E-state index >= 15 is 0 Å². The first-order valence-electron chi connectivity index (χ1n) is 10.0. The van der Waals surface area contributed by atoms with Crippen LogP contribution in [0, 0.1) is 17.2 Å². The van der Waals surface area contributed by atoms with Crippen molar-refractivity contribution < 1.29 is 28.7 Å². The quantitative estimate of drug-likeness (QED) is 0.504. The second-order valence-electron chi connectivity index (χ2n) is 7.31. The zero-order valence-electron chi connectivity index (χ0n) is 17.8. The molecule has 3 rings (SSSR count). The van der Waals surface area contributed by atoms with E-state index in [1.165, 1.54) is 26.4 Å². The molecule has 10 heteroatoms. The normalized spacial score (nSPS) is 20.4. The number of methoxy groups -OCH3 is 2. The number of rotatable bonds is 6. The van der Waals surface area contributed by atoms with Gasteiger partial charge in [0.25, 0.3) is 0 Å². The number of carbonyl (C=O) groups excluding carboxylic acids is 4. The van der Waals surface area contributed by atoms with E-state index in [9.17, 15) is 24.4 Å². The fourth-order valence-corrected chi connectivity index (χ4v) is 4.77. The number of nitrogens with zero attached hydrogens (tertiary/aromatic N) is 2. The third kappa shape index (κ3) is 4.78. The van der Waals surface area contributed by atoms with Gasteiger partial charge in [-0.25, -0.2) is 4.79 Å². The van der Waals surface area contributed by atoms with E-state index < -0.39 is 29.7 Å². The van der Waals surface area contributed by atoms with Crippen molar-refractivity contribution in [1.82, 2.24) is 10.2 Å². The van der Waals surface area contributed by atoms with Crippen molar-refractivity contribution in [2.45, 2.75) is 18.8 Å². The van der Waals surface area contributed by atoms with Crippen molar-refractivity contribution in [3.05, 3.63) is 46.0 Å². The smallest absolute Gasteiger partial charge is 0.337 e. The van der Waals surface area contributed by atoms with Crippen LogP contribution in [-0.2, 0) is 23.9 Å². The maximum atomic E-state index is 12.8. The number of hydrogen-bond acceptors (Lipinski definition) is 8. The third-order valence-corrected chi connectivity index (χ3v) is 6.48. The Labute approximate surface area is 189 Å². The number of allylic oxidation sites excluding steroid dienone is 1. The summed E-state index contributed by atoms with van der Waals surface area (Å²) >= 11 is 1.07. The number of ether oxygens (including phenoxy) is 2. The second kappa shape index (κ2) is 10.3. The predicted octanol–water partition coefficient (Wildman–Crippen LogP) is 1.57. The minimum absolute atomic E-state index is 0.0671. The van der Waals surface area contributed by atoms with Crippen molar-refractivity contribution in [2.24, 2.45) is 5.92 Å². The van der Waals surface area contributed by atoms with Gasteiger partial charge in [0.15, 0.2) is 0 Å². The SMILES string of the molecule is COC(=O)c1ccc([C@@H]2C(C#N)=C(SCC(=O)N3CCCC3)NC(=O)[C@@H]2C(=O)OC)cc1. The van der Waals surface area contributed by atoms with Crippen LogP contribution in [-0.4, -0.2) is 61.7 Å². The van der Waals surface area contributed by atoms with Gasteiger partial charge in [0.05, 0.1) is 42.2 Å². The number of carbonyl (C=O) groups is 4. The first kappa shape index (κ1) is 23.3. The lowest BCUT2D eigenvalue weighted by Gasteiger charge is -2.31. The zero-order chi connectivity index (χ0) is 23.3. The number of hydrogen-bond donors (Lipinski definition) is 1. The number of thioether (sulfide) groups is 1. The number of likely N-dealkylation sites (tertiary alicyclic amines) is 1. The third-order valence-electron chi connectivity index (χ3n) is 5.47. The van der Waals surface area contributed by atoms with Crippen molar-refractivity contribution in [3.8, 4) is 6.07 Å². The molecule has 0 saturated carbocycles. The fourth-order valence-electron chi connectivity index (χ4n) is 3.82. The topological polar surface area (TPSA) is 126 Å². The van der Waals surface area contributed by atoms with Crippen molar-refractivity contribution >= 4 is 35.5 Å². The van der Waals surface area contributed by atoms with Crippen LogP contribution in [0.5, 0.6) is 0 Å². The van der Waals surface area contributed by atoms with Crippen LogP contribution in [0.15, 0.2) is 34.9 Å². The minimum atomic E-state index is -1.28. The number of amides is 2.